The van der Waals surface area contributed by atoms with Crippen LogP contribution in [-0.4, -0.2) is 48.0 Å². The molecule has 0 bridgehead atoms. The predicted molar refractivity (Wildman–Crippen MR) is 169 cm³/mol. The topological polar surface area (TPSA) is 125 Å². The van der Waals surface area contributed by atoms with Crippen molar-refractivity contribution in [2.45, 2.75) is 54.0 Å². The summed E-state index contributed by atoms with van der Waals surface area (Å²) >= 11 is 0. The van der Waals surface area contributed by atoms with Crippen LogP contribution in [0.15, 0.2) is 99.5 Å². The fourth-order valence-corrected chi connectivity index (χ4v) is 4.14. The van der Waals surface area contributed by atoms with Crippen molar-refractivity contribution in [1.82, 2.24) is 20.4 Å². The molecule has 0 atom stereocenters. The highest BCUT2D eigenvalue weighted by atomic mass is 16.2. The largest absolute Gasteiger partial charge is 0.393 e. The average Bonchev–Trinajstić information content (AvgIpc) is 2.99. The molecule has 3 N–H and O–H groups in total. The number of hydrogen-bond donors (Lipinski definition) is 3. The van der Waals surface area contributed by atoms with Crippen molar-refractivity contribution in [2.75, 3.05) is 14.1 Å². The Kier molecular flexibility index (Phi) is 12.9. The zero-order valence-electron chi connectivity index (χ0n) is 25.6. The number of benzene rings is 1. The molecule has 1 aliphatic rings. The number of guanidine groups is 1. The van der Waals surface area contributed by atoms with E-state index in [0.29, 0.717) is 46.6 Å². The number of aliphatic imine (C=N–C) groups is 1. The second kappa shape index (κ2) is 16.3. The highest BCUT2D eigenvalue weighted by Crippen LogP contribution is 2.22. The Bertz CT molecular complexity index is 1450. The monoisotopic (exact) mass is 567 g/mol. The van der Waals surface area contributed by atoms with E-state index in [2.05, 4.69) is 41.6 Å². The van der Waals surface area contributed by atoms with Gasteiger partial charge in [0.15, 0.2) is 0 Å². The lowest BCUT2D eigenvalue weighted by atomic mass is 9.96. The van der Waals surface area contributed by atoms with E-state index >= 15 is 0 Å². The van der Waals surface area contributed by atoms with Gasteiger partial charge in [-0.3, -0.25) is 14.6 Å². The van der Waals surface area contributed by atoms with Crippen molar-refractivity contribution in [3.63, 3.8) is 0 Å². The maximum atomic E-state index is 13.5. The van der Waals surface area contributed by atoms with Crippen LogP contribution in [0.25, 0.3) is 0 Å². The van der Waals surface area contributed by atoms with Crippen molar-refractivity contribution in [3.05, 3.63) is 106 Å². The summed E-state index contributed by atoms with van der Waals surface area (Å²) in [7, 11) is 3.38. The van der Waals surface area contributed by atoms with Gasteiger partial charge in [-0.25, -0.2) is 4.79 Å². The Hall–Kier alpha value is -4.97. The summed E-state index contributed by atoms with van der Waals surface area (Å²) in [6, 6.07) is 8.43. The molecule has 0 fully saturated rings. The number of nitrogens with zero attached hydrogens (tertiary/aromatic N) is 4. The molecule has 1 aromatic rings. The SMILES string of the molecule is C\C=C(/C=C(C)\C=C(/C)CC)N(C)C(=O)/N=C(/NC1=C/C(=C/NC)C(=N)C=C1CC)N(C=O)Cc1cccc(C#N)c1. The molecule has 0 aliphatic heterocycles. The number of nitrogens with one attached hydrogen (secondary N) is 3. The van der Waals surface area contributed by atoms with Crippen LogP contribution in [-0.2, 0) is 11.3 Å². The Morgan fingerprint density at radius 3 is 2.52 bits per heavy atom. The first-order valence-electron chi connectivity index (χ1n) is 13.9. The van der Waals surface area contributed by atoms with Gasteiger partial charge in [-0.2, -0.15) is 10.3 Å². The van der Waals surface area contributed by atoms with Gasteiger partial charge in [0.2, 0.25) is 12.4 Å². The molecule has 9 heteroatoms. The Morgan fingerprint density at radius 1 is 1.19 bits per heavy atom. The van der Waals surface area contributed by atoms with Gasteiger partial charge in [0, 0.05) is 37.3 Å². The minimum atomic E-state index is -0.583. The highest BCUT2D eigenvalue weighted by molar-refractivity contribution is 6.11. The quantitative estimate of drug-likeness (QED) is 0.137. The average molecular weight is 568 g/mol. The molecule has 220 valence electrons. The number of allylic oxidation sites excluding steroid dienone is 9. The number of hydrogen-bond acceptors (Lipinski definition) is 5. The van der Waals surface area contributed by atoms with Crippen LogP contribution in [0.1, 0.15) is 58.6 Å². The van der Waals surface area contributed by atoms with Crippen LogP contribution in [0.5, 0.6) is 0 Å². The fourth-order valence-electron chi connectivity index (χ4n) is 4.14. The predicted octanol–water partition coefficient (Wildman–Crippen LogP) is 6.08. The van der Waals surface area contributed by atoms with E-state index in [9.17, 15) is 14.9 Å². The molecule has 0 saturated carbocycles. The molecule has 0 spiro atoms. The molecule has 0 aromatic heterocycles. The smallest absolute Gasteiger partial charge is 0.350 e. The third-order valence-corrected chi connectivity index (χ3v) is 6.59. The normalized spacial score (nSPS) is 15.5. The molecule has 0 radical (unpaired) electrons. The van der Waals surface area contributed by atoms with Crippen molar-refractivity contribution >= 4 is 24.1 Å². The molecule has 0 saturated heterocycles. The summed E-state index contributed by atoms with van der Waals surface area (Å²) in [5.74, 6) is 0.0185. The third kappa shape index (κ3) is 9.30. The Balaban J connectivity index is 2.58. The number of carbonyl (C=O) groups is 2. The van der Waals surface area contributed by atoms with Gasteiger partial charge >= 0.3 is 6.03 Å². The first-order chi connectivity index (χ1) is 20.1. The minimum absolute atomic E-state index is 0.0185. The maximum absolute atomic E-state index is 13.5. The number of urea groups is 1. The highest BCUT2D eigenvalue weighted by Gasteiger charge is 2.21. The Labute approximate surface area is 249 Å². The van der Waals surface area contributed by atoms with E-state index in [1.165, 1.54) is 15.4 Å². The first-order valence-corrected chi connectivity index (χ1v) is 13.9. The number of amides is 3. The van der Waals surface area contributed by atoms with E-state index in [1.54, 1.807) is 56.7 Å². The van der Waals surface area contributed by atoms with E-state index in [0.717, 1.165) is 17.6 Å². The molecular formula is C33H41N7O2. The van der Waals surface area contributed by atoms with Crippen molar-refractivity contribution in [1.29, 1.82) is 10.7 Å². The lowest BCUT2D eigenvalue weighted by molar-refractivity contribution is -0.115. The molecular weight excluding hydrogens is 526 g/mol. The van der Waals surface area contributed by atoms with E-state index in [-0.39, 0.29) is 12.5 Å². The summed E-state index contributed by atoms with van der Waals surface area (Å²) in [5.41, 5.74) is 6.43. The fraction of sp³-hybridized carbons (Fsp3) is 0.303. The lowest BCUT2D eigenvalue weighted by Crippen LogP contribution is -2.42. The van der Waals surface area contributed by atoms with Crippen LogP contribution in [0, 0.1) is 16.7 Å². The Morgan fingerprint density at radius 2 is 1.93 bits per heavy atom. The van der Waals surface area contributed by atoms with Crippen molar-refractivity contribution in [2.24, 2.45) is 4.99 Å². The van der Waals surface area contributed by atoms with E-state index in [4.69, 9.17) is 5.41 Å². The first kappa shape index (κ1) is 33.2. The molecule has 1 aromatic carbocycles. The second-order valence-corrected chi connectivity index (χ2v) is 9.78. The van der Waals surface area contributed by atoms with Gasteiger partial charge in [-0.05, 0) is 80.7 Å². The van der Waals surface area contributed by atoms with Crippen molar-refractivity contribution in [3.8, 4) is 6.07 Å². The zero-order valence-corrected chi connectivity index (χ0v) is 25.6. The summed E-state index contributed by atoms with van der Waals surface area (Å²) in [4.78, 5) is 33.1. The number of rotatable bonds is 10. The van der Waals surface area contributed by atoms with Gasteiger partial charge in [-0.15, -0.1) is 0 Å². The van der Waals surface area contributed by atoms with E-state index in [1.807, 2.05) is 32.9 Å². The van der Waals surface area contributed by atoms with Gasteiger partial charge in [0.1, 0.15) is 0 Å². The number of carbonyl (C=O) groups excluding carboxylic acids is 2. The summed E-state index contributed by atoms with van der Waals surface area (Å²) in [6.45, 7) is 10.0. The third-order valence-electron chi connectivity index (χ3n) is 6.59. The second-order valence-electron chi connectivity index (χ2n) is 9.78. The van der Waals surface area contributed by atoms with Crippen LogP contribution in [0.3, 0.4) is 0 Å². The molecule has 42 heavy (non-hydrogen) atoms. The van der Waals surface area contributed by atoms with Gasteiger partial charge < -0.3 is 16.0 Å². The van der Waals surface area contributed by atoms with Crippen LogP contribution in [0.4, 0.5) is 4.79 Å². The standard InChI is InChI=1S/C33H41N7O2/c1-8-23(4)14-24(5)15-29(10-3)39(7)33(42)38-32(40(22-41)21-26-13-11-12-25(16-26)19-34)37-31-18-28(20-36-6)30(35)17-27(31)9-2/h10-18,20,22,35-36H,8-9,21H2,1-7H3,(H,37,38,42)/b23-14+,24-15-,28-20-,29-10+,35-30?. The van der Waals surface area contributed by atoms with Crippen LogP contribution >= 0.6 is 0 Å². The van der Waals surface area contributed by atoms with Crippen molar-refractivity contribution < 1.29 is 9.59 Å². The van der Waals surface area contributed by atoms with Gasteiger partial charge in [0.05, 0.1) is 23.9 Å². The summed E-state index contributed by atoms with van der Waals surface area (Å²) in [6.07, 6.45) is 13.2. The minimum Gasteiger partial charge on any atom is -0.393 e. The summed E-state index contributed by atoms with van der Waals surface area (Å²) in [5, 5.41) is 23.8. The number of likely N-dealkylation sites (N-methyl/N-ethyl adjacent to an activating group) is 1. The molecule has 3 amide bonds. The zero-order chi connectivity index (χ0) is 31.2. The van der Waals surface area contributed by atoms with Crippen LogP contribution < -0.4 is 10.6 Å². The van der Waals surface area contributed by atoms with E-state index < -0.39 is 6.03 Å². The van der Waals surface area contributed by atoms with Gasteiger partial charge in [-0.1, -0.05) is 43.7 Å². The lowest BCUT2D eigenvalue weighted by Gasteiger charge is -2.26. The molecule has 1 aliphatic carbocycles. The molecule has 9 nitrogen and oxygen atoms in total. The van der Waals surface area contributed by atoms with Crippen LogP contribution in [0.2, 0.25) is 0 Å². The van der Waals surface area contributed by atoms with Gasteiger partial charge in [0.25, 0.3) is 0 Å². The molecule has 0 heterocycles. The maximum Gasteiger partial charge on any atom is 0.350 e. The molecule has 2 rings (SSSR count). The number of nitriles is 1. The molecule has 0 unspecified atom stereocenters. The summed E-state index contributed by atoms with van der Waals surface area (Å²) < 4.78 is 0.